The van der Waals surface area contributed by atoms with Crippen LogP contribution in [0, 0.1) is 0 Å². The Morgan fingerprint density at radius 1 is 1.17 bits per heavy atom. The molecule has 0 saturated heterocycles. The summed E-state index contributed by atoms with van der Waals surface area (Å²) in [7, 11) is 1.55. The number of hydrogen-bond donors (Lipinski definition) is 4. The van der Waals surface area contributed by atoms with Gasteiger partial charge in [0.05, 0.1) is 12.8 Å². The van der Waals surface area contributed by atoms with Crippen LogP contribution in [0.25, 0.3) is 11.3 Å². The van der Waals surface area contributed by atoms with Gasteiger partial charge in [-0.15, -0.1) is 11.3 Å². The van der Waals surface area contributed by atoms with Crippen LogP contribution in [0.1, 0.15) is 44.0 Å². The molecule has 0 aliphatic rings. The number of anilines is 1. The van der Waals surface area contributed by atoms with Crippen LogP contribution in [0.4, 0.5) is 5.13 Å². The number of aromatic nitrogens is 3. The molecule has 0 aliphatic heterocycles. The Morgan fingerprint density at radius 2 is 1.83 bits per heavy atom. The van der Waals surface area contributed by atoms with Crippen molar-refractivity contribution in [1.82, 2.24) is 14.5 Å². The van der Waals surface area contributed by atoms with E-state index in [9.17, 15) is 19.8 Å². The molecule has 4 N–H and O–H groups in total. The number of aliphatic hydroxyl groups is 1. The molecule has 0 saturated carbocycles. The molecular formula is C26H28N4O5S. The Balaban J connectivity index is 1.76. The van der Waals surface area contributed by atoms with Crippen LogP contribution in [-0.2, 0) is 10.4 Å². The molecule has 4 rings (SSSR count). The number of carbonyl (C=O) groups excluding carboxylic acids is 1. The minimum Gasteiger partial charge on any atom is -0.497 e. The lowest BCUT2D eigenvalue weighted by Crippen LogP contribution is -2.35. The smallest absolute Gasteiger partial charge is 0.329 e. The number of imidazole rings is 1. The van der Waals surface area contributed by atoms with E-state index in [0.29, 0.717) is 17.0 Å². The van der Waals surface area contributed by atoms with Gasteiger partial charge in [-0.2, -0.15) is 0 Å². The van der Waals surface area contributed by atoms with Crippen molar-refractivity contribution in [3.63, 3.8) is 0 Å². The number of aromatic amines is 1. The number of aromatic hydroxyl groups is 1. The molecule has 0 spiro atoms. The van der Waals surface area contributed by atoms with Gasteiger partial charge in [0.1, 0.15) is 23.1 Å². The van der Waals surface area contributed by atoms with Gasteiger partial charge in [-0.05, 0) is 43.7 Å². The van der Waals surface area contributed by atoms with E-state index in [2.05, 4.69) is 15.3 Å². The summed E-state index contributed by atoms with van der Waals surface area (Å²) in [5.74, 6) is -0.739. The largest absolute Gasteiger partial charge is 0.497 e. The van der Waals surface area contributed by atoms with Crippen LogP contribution in [0.3, 0.4) is 0 Å². The Bertz CT molecular complexity index is 1400. The topological polar surface area (TPSA) is 129 Å². The molecule has 2 heterocycles. The van der Waals surface area contributed by atoms with Gasteiger partial charge in [0.2, 0.25) is 11.8 Å². The number of thiazole rings is 1. The number of rotatable bonds is 8. The van der Waals surface area contributed by atoms with Crippen molar-refractivity contribution in [3.8, 4) is 22.9 Å². The highest BCUT2D eigenvalue weighted by Gasteiger charge is 2.34. The first-order chi connectivity index (χ1) is 17.1. The Kier molecular flexibility index (Phi) is 7.00. The normalized spacial score (nSPS) is 13.2. The van der Waals surface area contributed by atoms with Crippen molar-refractivity contribution in [2.75, 3.05) is 12.4 Å². The van der Waals surface area contributed by atoms with Crippen LogP contribution in [0.5, 0.6) is 11.6 Å². The zero-order valence-electron chi connectivity index (χ0n) is 20.4. The molecule has 0 radical (unpaired) electrons. The molecule has 2 unspecified atom stereocenters. The van der Waals surface area contributed by atoms with E-state index >= 15 is 0 Å². The average molecular weight is 509 g/mol. The van der Waals surface area contributed by atoms with Crippen molar-refractivity contribution in [2.45, 2.75) is 38.3 Å². The molecule has 0 aliphatic carbocycles. The zero-order chi connectivity index (χ0) is 26.0. The van der Waals surface area contributed by atoms with Gasteiger partial charge in [0.15, 0.2) is 5.13 Å². The Morgan fingerprint density at radius 3 is 2.42 bits per heavy atom. The Hall–Kier alpha value is -3.89. The second kappa shape index (κ2) is 10.00. The summed E-state index contributed by atoms with van der Waals surface area (Å²) in [4.78, 5) is 33.7. The molecule has 36 heavy (non-hydrogen) atoms. The summed E-state index contributed by atoms with van der Waals surface area (Å²) in [5.41, 5.74) is 0.188. The fraction of sp³-hybridized carbons (Fsp3) is 0.269. The van der Waals surface area contributed by atoms with E-state index in [1.54, 1.807) is 50.6 Å². The number of nitrogens with zero attached hydrogens (tertiary/aromatic N) is 2. The first kappa shape index (κ1) is 25.2. The SMILES string of the molecule is COc1ccc(-c2[nH]c(=O)n(C(C(=O)Nc3nc(C(C)(C)O)cs3)C(C)c3ccccc3)c2O)cc1. The summed E-state index contributed by atoms with van der Waals surface area (Å²) < 4.78 is 6.25. The second-order valence-corrected chi connectivity index (χ2v) is 9.82. The molecule has 188 valence electrons. The molecule has 0 fully saturated rings. The highest BCUT2D eigenvalue weighted by atomic mass is 32.1. The van der Waals surface area contributed by atoms with Gasteiger partial charge in [0.25, 0.3) is 0 Å². The maximum absolute atomic E-state index is 13.6. The van der Waals surface area contributed by atoms with E-state index < -0.39 is 29.2 Å². The highest BCUT2D eigenvalue weighted by molar-refractivity contribution is 7.13. The maximum Gasteiger partial charge on any atom is 0.329 e. The molecule has 2 atom stereocenters. The summed E-state index contributed by atoms with van der Waals surface area (Å²) in [6, 6.07) is 15.0. The number of carbonyl (C=O) groups is 1. The number of methoxy groups -OCH3 is 1. The van der Waals surface area contributed by atoms with Gasteiger partial charge in [0, 0.05) is 16.9 Å². The fourth-order valence-electron chi connectivity index (χ4n) is 3.96. The number of benzene rings is 2. The second-order valence-electron chi connectivity index (χ2n) is 8.96. The summed E-state index contributed by atoms with van der Waals surface area (Å²) >= 11 is 1.17. The molecule has 2 aromatic heterocycles. The van der Waals surface area contributed by atoms with Gasteiger partial charge >= 0.3 is 5.69 Å². The van der Waals surface area contributed by atoms with Crippen LogP contribution in [-0.4, -0.2) is 37.8 Å². The van der Waals surface area contributed by atoms with Crippen molar-refractivity contribution < 1.29 is 19.7 Å². The molecule has 0 bridgehead atoms. The van der Waals surface area contributed by atoms with E-state index in [4.69, 9.17) is 4.74 Å². The predicted molar refractivity (Wildman–Crippen MR) is 139 cm³/mol. The lowest BCUT2D eigenvalue weighted by Gasteiger charge is -2.24. The number of ether oxygens (including phenoxy) is 1. The lowest BCUT2D eigenvalue weighted by molar-refractivity contribution is -0.120. The lowest BCUT2D eigenvalue weighted by atomic mass is 9.92. The minimum atomic E-state index is -1.17. The third kappa shape index (κ3) is 5.05. The minimum absolute atomic E-state index is 0.194. The van der Waals surface area contributed by atoms with Crippen LogP contribution in [0.15, 0.2) is 64.8 Å². The van der Waals surface area contributed by atoms with Gasteiger partial charge in [-0.3, -0.25) is 4.79 Å². The van der Waals surface area contributed by atoms with Crippen molar-refractivity contribution in [1.29, 1.82) is 0 Å². The summed E-state index contributed by atoms with van der Waals surface area (Å²) in [6.07, 6.45) is 0. The first-order valence-corrected chi connectivity index (χ1v) is 12.2. The van der Waals surface area contributed by atoms with Gasteiger partial charge in [-0.1, -0.05) is 37.3 Å². The highest BCUT2D eigenvalue weighted by Crippen LogP contribution is 2.36. The van der Waals surface area contributed by atoms with E-state index in [0.717, 1.165) is 10.1 Å². The average Bonchev–Trinajstić information content (AvgIpc) is 3.45. The molecule has 1 amide bonds. The number of H-pyrrole nitrogens is 1. The number of nitrogens with one attached hydrogen (secondary N) is 2. The quantitative estimate of drug-likeness (QED) is 0.282. The van der Waals surface area contributed by atoms with E-state index in [1.807, 2.05) is 37.3 Å². The van der Waals surface area contributed by atoms with Gasteiger partial charge < -0.3 is 25.3 Å². The monoisotopic (exact) mass is 508 g/mol. The first-order valence-electron chi connectivity index (χ1n) is 11.3. The van der Waals surface area contributed by atoms with Gasteiger partial charge in [-0.25, -0.2) is 14.3 Å². The molecule has 2 aromatic carbocycles. The van der Waals surface area contributed by atoms with Crippen molar-refractivity contribution in [2.24, 2.45) is 0 Å². The number of amides is 1. The summed E-state index contributed by atoms with van der Waals surface area (Å²) in [6.45, 7) is 5.02. The van der Waals surface area contributed by atoms with Crippen LogP contribution in [0.2, 0.25) is 0 Å². The van der Waals surface area contributed by atoms with E-state index in [1.165, 1.54) is 11.3 Å². The zero-order valence-corrected chi connectivity index (χ0v) is 21.2. The molecule has 10 heteroatoms. The standard InChI is InChI=1S/C26H28N4O5S/c1-15(16-8-6-5-7-9-16)21(22(31)29-24-27-19(14-36-24)26(2,3)34)30-23(32)20(28-25(30)33)17-10-12-18(35-4)13-11-17/h5-15,21,32,34H,1-4H3,(H,28,33)(H,27,29,31). The predicted octanol–water partition coefficient (Wildman–Crippen LogP) is 4.23. The molecule has 9 nitrogen and oxygen atoms in total. The van der Waals surface area contributed by atoms with Crippen molar-refractivity contribution in [3.05, 3.63) is 81.7 Å². The van der Waals surface area contributed by atoms with Crippen LogP contribution < -0.4 is 15.7 Å². The van der Waals surface area contributed by atoms with Crippen molar-refractivity contribution >= 4 is 22.4 Å². The Labute approximate surface area is 212 Å². The third-order valence-corrected chi connectivity index (χ3v) is 6.75. The maximum atomic E-state index is 13.6. The van der Waals surface area contributed by atoms with E-state index in [-0.39, 0.29) is 16.7 Å². The summed E-state index contributed by atoms with van der Waals surface area (Å²) in [5, 5.41) is 26.1. The molecular weight excluding hydrogens is 480 g/mol. The third-order valence-electron chi connectivity index (χ3n) is 5.99. The number of hydrogen-bond acceptors (Lipinski definition) is 7. The molecule has 4 aromatic rings. The van der Waals surface area contributed by atoms with Crippen LogP contribution >= 0.6 is 11.3 Å². The fourth-order valence-corrected chi connectivity index (χ4v) is 4.83.